The molecule has 0 aliphatic rings. The number of nitrogens with one attached hydrogen (secondary N) is 1. The van der Waals surface area contributed by atoms with Gasteiger partial charge in [-0.1, -0.05) is 23.2 Å². The van der Waals surface area contributed by atoms with Gasteiger partial charge < -0.3 is 0 Å². The summed E-state index contributed by atoms with van der Waals surface area (Å²) in [6.45, 7) is 0. The number of hydrogen-bond donors (Lipinski definition) is 1. The van der Waals surface area contributed by atoms with Crippen molar-refractivity contribution in [1.29, 1.82) is 0 Å². The summed E-state index contributed by atoms with van der Waals surface area (Å²) >= 11 is 12.7. The van der Waals surface area contributed by atoms with Crippen LogP contribution >= 0.6 is 34.5 Å². The van der Waals surface area contributed by atoms with Crippen LogP contribution in [-0.2, 0) is 0 Å². The number of thiophene rings is 1. The third kappa shape index (κ3) is 1.82. The van der Waals surface area contributed by atoms with E-state index in [0.29, 0.717) is 9.90 Å². The Balaban J connectivity index is 2.61. The number of nitrogens with zero attached hydrogens (tertiary/aromatic N) is 1. The number of aromatic nitrogens is 2. The Morgan fingerprint density at radius 3 is 2.79 bits per heavy atom. The first-order valence-electron chi connectivity index (χ1n) is 3.68. The van der Waals surface area contributed by atoms with E-state index >= 15 is 0 Å². The molecule has 6 heteroatoms. The molecule has 72 valence electrons. The highest BCUT2D eigenvalue weighted by atomic mass is 35.5. The third-order valence-corrected chi connectivity index (χ3v) is 3.07. The van der Waals surface area contributed by atoms with E-state index < -0.39 is 0 Å². The second kappa shape index (κ2) is 3.73. The molecule has 0 aliphatic heterocycles. The molecule has 0 saturated heterocycles. The first-order chi connectivity index (χ1) is 6.66. The normalized spacial score (nSPS) is 10.4. The van der Waals surface area contributed by atoms with Crippen LogP contribution in [0.4, 0.5) is 0 Å². The molecule has 0 bridgehead atoms. The van der Waals surface area contributed by atoms with Crippen molar-refractivity contribution in [2.75, 3.05) is 0 Å². The zero-order valence-corrected chi connectivity index (χ0v) is 9.08. The van der Waals surface area contributed by atoms with Gasteiger partial charge in [0.05, 0.1) is 9.90 Å². The van der Waals surface area contributed by atoms with Crippen LogP contribution in [-0.4, -0.2) is 10.2 Å². The van der Waals surface area contributed by atoms with Crippen LogP contribution in [0.2, 0.25) is 9.49 Å². The lowest BCUT2D eigenvalue weighted by Gasteiger charge is -1.94. The second-order valence-electron chi connectivity index (χ2n) is 2.54. The predicted molar refractivity (Wildman–Crippen MR) is 58.2 cm³/mol. The minimum Gasteiger partial charge on any atom is -0.267 e. The highest BCUT2D eigenvalue weighted by molar-refractivity contribution is 7.19. The van der Waals surface area contributed by atoms with Crippen molar-refractivity contribution >= 4 is 34.5 Å². The van der Waals surface area contributed by atoms with E-state index in [0.717, 1.165) is 4.88 Å². The van der Waals surface area contributed by atoms with Gasteiger partial charge >= 0.3 is 0 Å². The fourth-order valence-corrected chi connectivity index (χ4v) is 2.23. The summed E-state index contributed by atoms with van der Waals surface area (Å²) in [5, 5.41) is 6.13. The quantitative estimate of drug-likeness (QED) is 0.842. The van der Waals surface area contributed by atoms with Crippen LogP contribution in [0.15, 0.2) is 23.0 Å². The first kappa shape index (κ1) is 9.71. The number of halogens is 2. The summed E-state index contributed by atoms with van der Waals surface area (Å²) in [6.07, 6.45) is 0. The summed E-state index contributed by atoms with van der Waals surface area (Å²) in [4.78, 5) is 12.1. The summed E-state index contributed by atoms with van der Waals surface area (Å²) in [5.41, 5.74) is 0.217. The van der Waals surface area contributed by atoms with Gasteiger partial charge in [-0.05, 0) is 18.2 Å². The first-order valence-corrected chi connectivity index (χ1v) is 5.25. The van der Waals surface area contributed by atoms with Gasteiger partial charge in [-0.25, -0.2) is 5.10 Å². The van der Waals surface area contributed by atoms with E-state index in [1.54, 1.807) is 12.1 Å². The molecule has 2 aromatic rings. The molecule has 0 unspecified atom stereocenters. The molecule has 0 aliphatic carbocycles. The van der Waals surface area contributed by atoms with Crippen molar-refractivity contribution in [3.05, 3.63) is 38.0 Å². The maximum absolute atomic E-state index is 11.4. The van der Waals surface area contributed by atoms with E-state index in [1.807, 2.05) is 0 Å². The van der Waals surface area contributed by atoms with Gasteiger partial charge in [-0.15, -0.1) is 11.3 Å². The summed E-state index contributed by atoms with van der Waals surface area (Å²) in [7, 11) is 0. The molecule has 2 heterocycles. The van der Waals surface area contributed by atoms with Crippen LogP contribution in [0, 0.1) is 0 Å². The lowest BCUT2D eigenvalue weighted by atomic mass is 10.2. The van der Waals surface area contributed by atoms with E-state index in [9.17, 15) is 4.79 Å². The summed E-state index contributed by atoms with van der Waals surface area (Å²) < 4.78 is 0.632. The van der Waals surface area contributed by atoms with E-state index in [1.165, 1.54) is 17.4 Å². The average molecular weight is 247 g/mol. The maximum Gasteiger partial charge on any atom is 0.272 e. The predicted octanol–water partition coefficient (Wildman–Crippen LogP) is 2.81. The van der Waals surface area contributed by atoms with Crippen molar-refractivity contribution in [2.45, 2.75) is 0 Å². The van der Waals surface area contributed by atoms with Crippen LogP contribution in [0.25, 0.3) is 10.4 Å². The van der Waals surface area contributed by atoms with Crippen molar-refractivity contribution in [2.24, 2.45) is 0 Å². The Morgan fingerprint density at radius 2 is 2.14 bits per heavy atom. The van der Waals surface area contributed by atoms with E-state index in [2.05, 4.69) is 10.2 Å². The van der Waals surface area contributed by atoms with Crippen molar-refractivity contribution < 1.29 is 0 Å². The number of H-pyrrole nitrogens is 1. The van der Waals surface area contributed by atoms with Crippen LogP contribution in [0.3, 0.4) is 0 Å². The van der Waals surface area contributed by atoms with Crippen LogP contribution < -0.4 is 5.56 Å². The third-order valence-electron chi connectivity index (χ3n) is 1.61. The SMILES string of the molecule is O=c1[nH]nc(Cl)cc1-c1ccc(Cl)s1. The maximum atomic E-state index is 11.4. The van der Waals surface area contributed by atoms with Gasteiger partial charge in [0.15, 0.2) is 0 Å². The molecule has 2 rings (SSSR count). The molecule has 0 fully saturated rings. The van der Waals surface area contributed by atoms with E-state index in [4.69, 9.17) is 23.2 Å². The molecule has 0 amide bonds. The van der Waals surface area contributed by atoms with Crippen molar-refractivity contribution in [3.63, 3.8) is 0 Å². The lowest BCUT2D eigenvalue weighted by Crippen LogP contribution is -2.09. The van der Waals surface area contributed by atoms with Gasteiger partial charge in [0.25, 0.3) is 5.56 Å². The number of hydrogen-bond acceptors (Lipinski definition) is 3. The monoisotopic (exact) mass is 246 g/mol. The highest BCUT2D eigenvalue weighted by Gasteiger charge is 2.07. The smallest absolute Gasteiger partial charge is 0.267 e. The van der Waals surface area contributed by atoms with Gasteiger partial charge in [-0.3, -0.25) is 4.79 Å². The molecular formula is C8H4Cl2N2OS. The minimum absolute atomic E-state index is 0.254. The zero-order chi connectivity index (χ0) is 10.1. The molecule has 0 radical (unpaired) electrons. The number of rotatable bonds is 1. The van der Waals surface area contributed by atoms with E-state index in [-0.39, 0.29) is 10.7 Å². The average Bonchev–Trinajstić information content (AvgIpc) is 2.56. The Morgan fingerprint density at radius 1 is 1.36 bits per heavy atom. The van der Waals surface area contributed by atoms with Gasteiger partial charge in [0.2, 0.25) is 0 Å². The molecule has 0 spiro atoms. The summed E-state index contributed by atoms with van der Waals surface area (Å²) in [5.74, 6) is 0. The molecule has 3 nitrogen and oxygen atoms in total. The lowest BCUT2D eigenvalue weighted by molar-refractivity contribution is 0.993. The summed E-state index contributed by atoms with van der Waals surface area (Å²) in [6, 6.07) is 5.02. The Labute approximate surface area is 93.3 Å². The van der Waals surface area contributed by atoms with Crippen molar-refractivity contribution in [1.82, 2.24) is 10.2 Å². The molecule has 0 saturated carbocycles. The van der Waals surface area contributed by atoms with Gasteiger partial charge in [-0.2, -0.15) is 5.10 Å². The molecule has 14 heavy (non-hydrogen) atoms. The molecular weight excluding hydrogens is 243 g/mol. The number of aromatic amines is 1. The van der Waals surface area contributed by atoms with Crippen molar-refractivity contribution in [3.8, 4) is 10.4 Å². The largest absolute Gasteiger partial charge is 0.272 e. The molecule has 0 aromatic carbocycles. The topological polar surface area (TPSA) is 45.8 Å². The minimum atomic E-state index is -0.270. The fraction of sp³-hybridized carbons (Fsp3) is 0. The van der Waals surface area contributed by atoms with Gasteiger partial charge in [0.1, 0.15) is 5.15 Å². The molecule has 0 atom stereocenters. The Bertz CT molecular complexity index is 520. The fourth-order valence-electron chi connectivity index (χ4n) is 1.02. The zero-order valence-electron chi connectivity index (χ0n) is 6.75. The molecule has 2 aromatic heterocycles. The highest BCUT2D eigenvalue weighted by Crippen LogP contribution is 2.29. The van der Waals surface area contributed by atoms with Crippen LogP contribution in [0.1, 0.15) is 0 Å². The van der Waals surface area contributed by atoms with Gasteiger partial charge in [0, 0.05) is 4.88 Å². The standard InChI is InChI=1S/C8H4Cl2N2OS/c9-6-3-4(8(13)12-11-6)5-1-2-7(10)14-5/h1-3H,(H,12,13). The second-order valence-corrected chi connectivity index (χ2v) is 4.64. The Kier molecular flexibility index (Phi) is 2.58. The Hall–Kier alpha value is -0.840. The molecule has 1 N–H and O–H groups in total. The van der Waals surface area contributed by atoms with Crippen LogP contribution in [0.5, 0.6) is 0 Å².